The summed E-state index contributed by atoms with van der Waals surface area (Å²) >= 11 is 0. The molecular weight excluding hydrogens is 388 g/mol. The minimum atomic E-state index is 0.655. The highest BCUT2D eigenvalue weighted by atomic mass is 16.5. The molecule has 0 atom stereocenters. The van der Waals surface area contributed by atoms with Crippen molar-refractivity contribution in [1.29, 1.82) is 0 Å². The van der Waals surface area contributed by atoms with Crippen LogP contribution in [0.5, 0.6) is 5.75 Å². The molecule has 1 fully saturated rings. The number of hydrogen-bond acceptors (Lipinski definition) is 5. The Morgan fingerprint density at radius 3 is 2.61 bits per heavy atom. The molecule has 3 rings (SSSR count). The summed E-state index contributed by atoms with van der Waals surface area (Å²) in [5.74, 6) is 2.75. The third-order valence-corrected chi connectivity index (χ3v) is 5.45. The van der Waals surface area contributed by atoms with Gasteiger partial charge in [0.25, 0.3) is 0 Å². The lowest BCUT2D eigenvalue weighted by molar-refractivity contribution is 0.312. The van der Waals surface area contributed by atoms with Crippen LogP contribution in [0.4, 0.5) is 5.82 Å². The Balaban J connectivity index is 1.55. The molecule has 2 N–H and O–H groups in total. The number of aryl methyl sites for hydroxylation is 1. The van der Waals surface area contributed by atoms with Gasteiger partial charge in [0.05, 0.1) is 6.61 Å². The minimum Gasteiger partial charge on any atom is -0.493 e. The van der Waals surface area contributed by atoms with Crippen LogP contribution in [0.2, 0.25) is 0 Å². The molecule has 0 amide bonds. The zero-order valence-corrected chi connectivity index (χ0v) is 19.3. The highest BCUT2D eigenvalue weighted by Gasteiger charge is 2.15. The Labute approximate surface area is 186 Å². The maximum Gasteiger partial charge on any atom is 0.191 e. The maximum atomic E-state index is 5.92. The van der Waals surface area contributed by atoms with Gasteiger partial charge in [0, 0.05) is 58.1 Å². The fourth-order valence-corrected chi connectivity index (χ4v) is 3.52. The van der Waals surface area contributed by atoms with Crippen molar-refractivity contribution < 1.29 is 4.74 Å². The van der Waals surface area contributed by atoms with Crippen molar-refractivity contribution in [3.05, 3.63) is 53.2 Å². The monoisotopic (exact) mass is 424 g/mol. The number of pyridine rings is 1. The van der Waals surface area contributed by atoms with Gasteiger partial charge in [0.15, 0.2) is 5.96 Å². The number of likely N-dealkylation sites (N-methyl/N-ethyl adjacent to an activating group) is 1. The number of nitrogens with one attached hydrogen (secondary N) is 2. The standard InChI is InChI=1S/C24H36N6O/c1-5-14-31-22-15-19(2)6-7-21(22)18-28-24(25-3)27-17-20-8-9-26-23(16-20)30-12-10-29(4)11-13-30/h6-9,15-16H,5,10-14,17-18H2,1-4H3,(H2,25,27,28). The molecule has 0 bridgehead atoms. The third kappa shape index (κ3) is 6.85. The number of aliphatic imine (C=N–C) groups is 1. The van der Waals surface area contributed by atoms with Crippen molar-refractivity contribution >= 4 is 11.8 Å². The molecule has 2 heterocycles. The summed E-state index contributed by atoms with van der Waals surface area (Å²) in [6, 6.07) is 10.5. The molecular formula is C24H36N6O. The first kappa shape index (κ1) is 22.9. The van der Waals surface area contributed by atoms with Crippen LogP contribution in [0.15, 0.2) is 41.5 Å². The molecule has 1 aliphatic heterocycles. The van der Waals surface area contributed by atoms with E-state index in [1.54, 1.807) is 7.05 Å². The van der Waals surface area contributed by atoms with Crippen LogP contribution in [0.1, 0.15) is 30.0 Å². The Hall–Kier alpha value is -2.80. The summed E-state index contributed by atoms with van der Waals surface area (Å²) in [5.41, 5.74) is 3.52. The van der Waals surface area contributed by atoms with Gasteiger partial charge in [0.1, 0.15) is 11.6 Å². The average Bonchev–Trinajstić information content (AvgIpc) is 2.79. The number of rotatable bonds is 8. The van der Waals surface area contributed by atoms with E-state index in [2.05, 4.69) is 81.6 Å². The molecule has 1 saturated heterocycles. The van der Waals surface area contributed by atoms with Gasteiger partial charge in [-0.15, -0.1) is 0 Å². The lowest BCUT2D eigenvalue weighted by Gasteiger charge is -2.33. The molecule has 7 heteroatoms. The Morgan fingerprint density at radius 2 is 1.87 bits per heavy atom. The lowest BCUT2D eigenvalue weighted by Crippen LogP contribution is -2.44. The molecule has 1 aromatic carbocycles. The first-order valence-corrected chi connectivity index (χ1v) is 11.1. The predicted molar refractivity (Wildman–Crippen MR) is 128 cm³/mol. The van der Waals surface area contributed by atoms with Gasteiger partial charge >= 0.3 is 0 Å². The summed E-state index contributed by atoms with van der Waals surface area (Å²) in [6.45, 7) is 10.5. The van der Waals surface area contributed by atoms with E-state index in [1.165, 1.54) is 11.1 Å². The van der Waals surface area contributed by atoms with Crippen LogP contribution >= 0.6 is 0 Å². The number of piperazine rings is 1. The number of anilines is 1. The molecule has 168 valence electrons. The van der Waals surface area contributed by atoms with Gasteiger partial charge in [-0.3, -0.25) is 4.99 Å². The van der Waals surface area contributed by atoms with Crippen LogP contribution in [0.25, 0.3) is 0 Å². The van der Waals surface area contributed by atoms with E-state index < -0.39 is 0 Å². The van der Waals surface area contributed by atoms with Crippen molar-refractivity contribution in [1.82, 2.24) is 20.5 Å². The second kappa shape index (κ2) is 11.6. The topological polar surface area (TPSA) is 65.0 Å². The van der Waals surface area contributed by atoms with E-state index in [1.807, 2.05) is 6.20 Å². The molecule has 0 unspecified atom stereocenters. The molecule has 7 nitrogen and oxygen atoms in total. The van der Waals surface area contributed by atoms with Gasteiger partial charge < -0.3 is 25.2 Å². The van der Waals surface area contributed by atoms with E-state index in [-0.39, 0.29) is 0 Å². The fourth-order valence-electron chi connectivity index (χ4n) is 3.52. The highest BCUT2D eigenvalue weighted by Crippen LogP contribution is 2.20. The third-order valence-electron chi connectivity index (χ3n) is 5.45. The van der Waals surface area contributed by atoms with Crippen LogP contribution in [0.3, 0.4) is 0 Å². The van der Waals surface area contributed by atoms with E-state index in [9.17, 15) is 0 Å². The Morgan fingerprint density at radius 1 is 1.10 bits per heavy atom. The lowest BCUT2D eigenvalue weighted by atomic mass is 10.1. The molecule has 0 spiro atoms. The van der Waals surface area contributed by atoms with Crippen molar-refractivity contribution in [3.8, 4) is 5.75 Å². The molecule has 0 saturated carbocycles. The molecule has 2 aromatic rings. The Kier molecular flexibility index (Phi) is 8.53. The molecule has 0 radical (unpaired) electrons. The molecule has 31 heavy (non-hydrogen) atoms. The number of nitrogens with zero attached hydrogens (tertiary/aromatic N) is 4. The van der Waals surface area contributed by atoms with Crippen LogP contribution in [-0.4, -0.2) is 62.7 Å². The molecule has 1 aliphatic rings. The summed E-state index contributed by atoms with van der Waals surface area (Å²) in [5, 5.41) is 6.81. The van der Waals surface area contributed by atoms with Crippen LogP contribution in [0, 0.1) is 6.92 Å². The zero-order chi connectivity index (χ0) is 22.1. The first-order valence-electron chi connectivity index (χ1n) is 11.1. The van der Waals surface area contributed by atoms with Gasteiger partial charge in [-0.2, -0.15) is 0 Å². The maximum absolute atomic E-state index is 5.92. The van der Waals surface area contributed by atoms with E-state index in [4.69, 9.17) is 4.74 Å². The van der Waals surface area contributed by atoms with Gasteiger partial charge in [-0.25, -0.2) is 4.98 Å². The second-order valence-corrected chi connectivity index (χ2v) is 8.05. The van der Waals surface area contributed by atoms with Crippen molar-refractivity contribution in [3.63, 3.8) is 0 Å². The highest BCUT2D eigenvalue weighted by molar-refractivity contribution is 5.79. The van der Waals surface area contributed by atoms with E-state index in [0.717, 1.165) is 62.3 Å². The number of benzene rings is 1. The summed E-state index contributed by atoms with van der Waals surface area (Å²) in [4.78, 5) is 13.6. The summed E-state index contributed by atoms with van der Waals surface area (Å²) in [7, 11) is 3.96. The van der Waals surface area contributed by atoms with Crippen molar-refractivity contribution in [2.45, 2.75) is 33.4 Å². The molecule has 0 aliphatic carbocycles. The number of guanidine groups is 1. The largest absolute Gasteiger partial charge is 0.493 e. The first-order chi connectivity index (χ1) is 15.1. The van der Waals surface area contributed by atoms with Crippen molar-refractivity contribution in [2.24, 2.45) is 4.99 Å². The van der Waals surface area contributed by atoms with E-state index in [0.29, 0.717) is 13.1 Å². The zero-order valence-electron chi connectivity index (χ0n) is 19.3. The Bertz CT molecular complexity index is 861. The van der Waals surface area contributed by atoms with Crippen LogP contribution in [-0.2, 0) is 13.1 Å². The summed E-state index contributed by atoms with van der Waals surface area (Å²) in [6.07, 6.45) is 2.89. The van der Waals surface area contributed by atoms with Gasteiger partial charge in [0.2, 0.25) is 0 Å². The SMILES string of the molecule is CCCOc1cc(C)ccc1CNC(=NC)NCc1ccnc(N2CCN(C)CC2)c1. The quantitative estimate of drug-likeness (QED) is 0.502. The normalized spacial score (nSPS) is 15.1. The van der Waals surface area contributed by atoms with E-state index >= 15 is 0 Å². The number of hydrogen-bond donors (Lipinski definition) is 2. The van der Waals surface area contributed by atoms with Gasteiger partial charge in [-0.1, -0.05) is 19.1 Å². The fraction of sp³-hybridized carbons (Fsp3) is 0.500. The number of aromatic nitrogens is 1. The number of ether oxygens (including phenoxy) is 1. The van der Waals surface area contributed by atoms with Crippen molar-refractivity contribution in [2.75, 3.05) is 51.8 Å². The smallest absolute Gasteiger partial charge is 0.191 e. The molecule has 1 aromatic heterocycles. The second-order valence-electron chi connectivity index (χ2n) is 8.05. The van der Waals surface area contributed by atoms with Gasteiger partial charge in [-0.05, 0) is 49.7 Å². The van der Waals surface area contributed by atoms with Crippen LogP contribution < -0.4 is 20.3 Å². The minimum absolute atomic E-state index is 0.655. The average molecular weight is 425 g/mol. The predicted octanol–water partition coefficient (Wildman–Crippen LogP) is 2.80. The summed E-state index contributed by atoms with van der Waals surface area (Å²) < 4.78 is 5.92.